The third kappa shape index (κ3) is 2.98. The number of aryl methyl sites for hydroxylation is 1. The SMILES string of the molecule is CC(Nc1nc(N)nc(N)c1N)c1nc2ccn(C)c2cc1N1CC(F)(F)C1. The molecule has 3 aromatic heterocycles. The second-order valence-corrected chi connectivity index (χ2v) is 7.03. The summed E-state index contributed by atoms with van der Waals surface area (Å²) in [7, 11) is 1.88. The van der Waals surface area contributed by atoms with Crippen molar-refractivity contribution in [3.05, 3.63) is 24.0 Å². The number of hydrogen-bond donors (Lipinski definition) is 4. The van der Waals surface area contributed by atoms with E-state index in [1.54, 1.807) is 4.90 Å². The monoisotopic (exact) mass is 389 g/mol. The van der Waals surface area contributed by atoms with Gasteiger partial charge in [0.25, 0.3) is 5.92 Å². The molecule has 4 rings (SSSR count). The molecular weight excluding hydrogens is 368 g/mol. The van der Waals surface area contributed by atoms with Crippen molar-refractivity contribution in [3.63, 3.8) is 0 Å². The number of pyridine rings is 1. The number of halogens is 2. The molecule has 11 heteroatoms. The number of nitrogens with one attached hydrogen (secondary N) is 1. The summed E-state index contributed by atoms with van der Waals surface area (Å²) in [4.78, 5) is 14.2. The fraction of sp³-hybridized carbons (Fsp3) is 0.353. The van der Waals surface area contributed by atoms with Gasteiger partial charge in [0.1, 0.15) is 5.69 Å². The Labute approximate surface area is 159 Å². The molecule has 1 aliphatic rings. The maximum absolute atomic E-state index is 13.5. The zero-order chi connectivity index (χ0) is 20.2. The van der Waals surface area contributed by atoms with Gasteiger partial charge in [-0.15, -0.1) is 0 Å². The molecule has 0 saturated carbocycles. The zero-order valence-corrected chi connectivity index (χ0v) is 15.4. The second kappa shape index (κ2) is 6.08. The van der Waals surface area contributed by atoms with Gasteiger partial charge in [-0.2, -0.15) is 9.97 Å². The van der Waals surface area contributed by atoms with E-state index in [4.69, 9.17) is 22.2 Å². The lowest BCUT2D eigenvalue weighted by atomic mass is 10.1. The third-order valence-corrected chi connectivity index (χ3v) is 4.82. The smallest absolute Gasteiger partial charge is 0.282 e. The van der Waals surface area contributed by atoms with Crippen LogP contribution in [0.3, 0.4) is 0 Å². The Bertz CT molecular complexity index is 1050. The van der Waals surface area contributed by atoms with Crippen molar-refractivity contribution in [2.24, 2.45) is 7.05 Å². The lowest BCUT2D eigenvalue weighted by Crippen LogP contribution is -2.56. The Hall–Kier alpha value is -3.37. The van der Waals surface area contributed by atoms with E-state index in [2.05, 4.69) is 15.3 Å². The number of nitrogens with zero attached hydrogens (tertiary/aromatic N) is 5. The average molecular weight is 389 g/mol. The molecule has 1 unspecified atom stereocenters. The van der Waals surface area contributed by atoms with Crippen molar-refractivity contribution in [1.82, 2.24) is 19.5 Å². The predicted molar refractivity (Wildman–Crippen MR) is 105 cm³/mol. The first-order chi connectivity index (χ1) is 13.1. The van der Waals surface area contributed by atoms with Crippen molar-refractivity contribution in [3.8, 4) is 0 Å². The van der Waals surface area contributed by atoms with E-state index in [0.717, 1.165) is 11.0 Å². The molecule has 1 aliphatic heterocycles. The number of nitrogen functional groups attached to an aromatic ring is 3. The molecule has 1 fully saturated rings. The van der Waals surface area contributed by atoms with E-state index in [9.17, 15) is 8.78 Å². The van der Waals surface area contributed by atoms with Crippen LogP contribution in [0.1, 0.15) is 18.7 Å². The second-order valence-electron chi connectivity index (χ2n) is 7.03. The molecule has 148 valence electrons. The van der Waals surface area contributed by atoms with Crippen molar-refractivity contribution in [2.45, 2.75) is 18.9 Å². The van der Waals surface area contributed by atoms with Crippen LogP contribution in [-0.4, -0.2) is 38.5 Å². The maximum atomic E-state index is 13.5. The molecule has 1 atom stereocenters. The van der Waals surface area contributed by atoms with Crippen LogP contribution in [0.25, 0.3) is 11.0 Å². The van der Waals surface area contributed by atoms with Crippen molar-refractivity contribution < 1.29 is 8.78 Å². The molecule has 0 bridgehead atoms. The lowest BCUT2D eigenvalue weighted by Gasteiger charge is -2.41. The van der Waals surface area contributed by atoms with Gasteiger partial charge in [0.15, 0.2) is 11.6 Å². The Kier molecular flexibility index (Phi) is 3.91. The summed E-state index contributed by atoms with van der Waals surface area (Å²) in [6.07, 6.45) is 1.87. The number of rotatable bonds is 4. The number of fused-ring (bicyclic) bond motifs is 1. The molecule has 0 aromatic carbocycles. The Morgan fingerprint density at radius 1 is 1.18 bits per heavy atom. The van der Waals surface area contributed by atoms with Crippen LogP contribution < -0.4 is 27.4 Å². The van der Waals surface area contributed by atoms with Gasteiger partial charge in [-0.05, 0) is 19.1 Å². The quantitative estimate of drug-likeness (QED) is 0.529. The number of anilines is 5. The van der Waals surface area contributed by atoms with Crippen molar-refractivity contribution in [2.75, 3.05) is 40.5 Å². The van der Waals surface area contributed by atoms with E-state index < -0.39 is 12.0 Å². The molecule has 7 N–H and O–H groups in total. The minimum atomic E-state index is -2.70. The van der Waals surface area contributed by atoms with Crippen molar-refractivity contribution in [1.29, 1.82) is 0 Å². The van der Waals surface area contributed by atoms with Gasteiger partial charge in [-0.1, -0.05) is 0 Å². The van der Waals surface area contributed by atoms with Gasteiger partial charge in [0, 0.05) is 13.2 Å². The molecule has 0 amide bonds. The third-order valence-electron chi connectivity index (χ3n) is 4.82. The van der Waals surface area contributed by atoms with Gasteiger partial charge in [0.05, 0.1) is 41.5 Å². The minimum Gasteiger partial charge on any atom is -0.393 e. The van der Waals surface area contributed by atoms with Crippen LogP contribution in [0.15, 0.2) is 18.3 Å². The number of aromatic nitrogens is 4. The summed E-state index contributed by atoms with van der Waals surface area (Å²) in [5.74, 6) is -2.38. The van der Waals surface area contributed by atoms with E-state index >= 15 is 0 Å². The summed E-state index contributed by atoms with van der Waals surface area (Å²) >= 11 is 0. The molecule has 0 radical (unpaired) electrons. The van der Waals surface area contributed by atoms with Crippen molar-refractivity contribution >= 4 is 40.0 Å². The van der Waals surface area contributed by atoms with E-state index in [1.165, 1.54) is 0 Å². The average Bonchev–Trinajstić information content (AvgIpc) is 2.96. The van der Waals surface area contributed by atoms with Crippen LogP contribution in [0.4, 0.5) is 37.7 Å². The number of hydrogen-bond acceptors (Lipinski definition) is 8. The van der Waals surface area contributed by atoms with Gasteiger partial charge in [0.2, 0.25) is 5.95 Å². The van der Waals surface area contributed by atoms with E-state index in [0.29, 0.717) is 11.4 Å². The van der Waals surface area contributed by atoms with Gasteiger partial charge in [-0.3, -0.25) is 0 Å². The molecule has 3 aromatic rings. The first-order valence-electron chi connectivity index (χ1n) is 8.68. The summed E-state index contributed by atoms with van der Waals surface area (Å²) in [6.45, 7) is 1.15. The first-order valence-corrected chi connectivity index (χ1v) is 8.68. The topological polar surface area (TPSA) is 137 Å². The first kappa shape index (κ1) is 18.0. The predicted octanol–water partition coefficient (Wildman–Crippen LogP) is 1.74. The van der Waals surface area contributed by atoms with Gasteiger partial charge >= 0.3 is 0 Å². The highest BCUT2D eigenvalue weighted by Gasteiger charge is 2.45. The molecule has 1 saturated heterocycles. The summed E-state index contributed by atoms with van der Waals surface area (Å²) in [5.41, 5.74) is 20.4. The normalized spacial score (nSPS) is 16.8. The molecule has 28 heavy (non-hydrogen) atoms. The van der Waals surface area contributed by atoms with Gasteiger partial charge < -0.3 is 32.0 Å². The van der Waals surface area contributed by atoms with Crippen LogP contribution in [0.2, 0.25) is 0 Å². The standard InChI is InChI=1S/C17H21F2N9/c1-8(23-15-12(20)14(21)25-16(22)26-15)13-11(28-6-17(18,19)7-28)5-10-9(24-13)3-4-27(10)2/h3-5,8H,6-7,20H2,1-2H3,(H5,21,22,23,25,26). The highest BCUT2D eigenvalue weighted by molar-refractivity contribution is 5.82. The maximum Gasteiger partial charge on any atom is 0.282 e. The zero-order valence-electron chi connectivity index (χ0n) is 15.4. The van der Waals surface area contributed by atoms with Crippen LogP contribution in [-0.2, 0) is 7.05 Å². The Balaban J connectivity index is 1.74. The molecule has 0 aliphatic carbocycles. The molecular formula is C17H21F2N9. The van der Waals surface area contributed by atoms with E-state index in [1.807, 2.05) is 36.9 Å². The Morgan fingerprint density at radius 3 is 2.57 bits per heavy atom. The summed E-state index contributed by atoms with van der Waals surface area (Å²) in [5, 5.41) is 3.12. The summed E-state index contributed by atoms with van der Waals surface area (Å²) in [6, 6.07) is 3.34. The number of alkyl halides is 2. The number of nitrogens with two attached hydrogens (primary N) is 3. The molecule has 4 heterocycles. The van der Waals surface area contributed by atoms with E-state index in [-0.39, 0.29) is 36.4 Å². The van der Waals surface area contributed by atoms with Gasteiger partial charge in [-0.25, -0.2) is 13.8 Å². The highest BCUT2D eigenvalue weighted by Crippen LogP contribution is 2.38. The van der Waals surface area contributed by atoms with Crippen LogP contribution in [0.5, 0.6) is 0 Å². The van der Waals surface area contributed by atoms with Crippen LogP contribution in [0, 0.1) is 0 Å². The fourth-order valence-electron chi connectivity index (χ4n) is 3.33. The van der Waals surface area contributed by atoms with Crippen LogP contribution >= 0.6 is 0 Å². The molecule has 9 nitrogen and oxygen atoms in total. The summed E-state index contributed by atoms with van der Waals surface area (Å²) < 4.78 is 28.9. The fourth-order valence-corrected chi connectivity index (χ4v) is 3.33. The molecule has 0 spiro atoms. The lowest BCUT2D eigenvalue weighted by molar-refractivity contribution is -0.0263. The highest BCUT2D eigenvalue weighted by atomic mass is 19.3. The largest absolute Gasteiger partial charge is 0.393 e. The minimum absolute atomic E-state index is 0.0181. The Morgan fingerprint density at radius 2 is 1.89 bits per heavy atom.